The Kier molecular flexibility index (Phi) is 6.43. The van der Waals surface area contributed by atoms with Crippen molar-refractivity contribution in [2.24, 2.45) is 0 Å². The maximum atomic E-state index is 13.4. The van der Waals surface area contributed by atoms with E-state index in [1.165, 1.54) is 23.1 Å². The minimum absolute atomic E-state index is 0.0144. The van der Waals surface area contributed by atoms with E-state index in [1.54, 1.807) is 10.8 Å². The molecule has 1 aromatic carbocycles. The molecule has 1 aliphatic rings. The molecule has 0 spiro atoms. The van der Waals surface area contributed by atoms with Crippen LogP contribution in [-0.2, 0) is 22.5 Å². The van der Waals surface area contributed by atoms with Crippen LogP contribution in [0.3, 0.4) is 0 Å². The van der Waals surface area contributed by atoms with Crippen molar-refractivity contribution in [3.05, 3.63) is 58.5 Å². The standard InChI is InChI=1S/C24H24N4O3S2/c1-2-15-6-3-7-16(12-15)26-19(29)14-32-24-27-20-18-9-4-10-25-22(18)33-21(20)23(30)28(24)13-17-8-5-11-31-17/h3-4,6-7,9-10,12,17H,2,5,8,11,13-14H2,1H3,(H,26,29)/t17-/m0/s1. The number of hydrogen-bond donors (Lipinski definition) is 1. The number of carbonyl (C=O) groups is 1. The minimum Gasteiger partial charge on any atom is -0.376 e. The number of ether oxygens (including phenoxy) is 1. The number of rotatable bonds is 7. The Morgan fingerprint density at radius 1 is 1.33 bits per heavy atom. The van der Waals surface area contributed by atoms with Gasteiger partial charge in [-0.15, -0.1) is 11.3 Å². The van der Waals surface area contributed by atoms with Crippen LogP contribution in [0.1, 0.15) is 25.3 Å². The number of amides is 1. The summed E-state index contributed by atoms with van der Waals surface area (Å²) in [6, 6.07) is 11.6. The first-order valence-corrected chi connectivity index (χ1v) is 12.8. The highest BCUT2D eigenvalue weighted by atomic mass is 32.2. The average molecular weight is 481 g/mol. The Balaban J connectivity index is 1.45. The van der Waals surface area contributed by atoms with Crippen molar-refractivity contribution in [2.45, 2.75) is 44.0 Å². The third-order valence-electron chi connectivity index (χ3n) is 5.68. The van der Waals surface area contributed by atoms with Crippen molar-refractivity contribution in [1.29, 1.82) is 0 Å². The molecule has 1 aliphatic heterocycles. The Hall–Kier alpha value is -2.75. The van der Waals surface area contributed by atoms with Crippen molar-refractivity contribution >= 4 is 55.1 Å². The topological polar surface area (TPSA) is 86.1 Å². The zero-order chi connectivity index (χ0) is 22.8. The summed E-state index contributed by atoms with van der Waals surface area (Å²) in [5.41, 5.74) is 2.48. The lowest BCUT2D eigenvalue weighted by Gasteiger charge is -2.15. The number of carbonyl (C=O) groups excluding carboxylic acids is 1. The highest BCUT2D eigenvalue weighted by Gasteiger charge is 2.22. The number of benzene rings is 1. The average Bonchev–Trinajstić information content (AvgIpc) is 3.48. The summed E-state index contributed by atoms with van der Waals surface area (Å²) in [6.45, 7) is 3.23. The van der Waals surface area contributed by atoms with Crippen LogP contribution in [-0.4, -0.2) is 38.9 Å². The Morgan fingerprint density at radius 2 is 2.24 bits per heavy atom. The van der Waals surface area contributed by atoms with Gasteiger partial charge in [-0.3, -0.25) is 14.2 Å². The number of thioether (sulfide) groups is 1. The van der Waals surface area contributed by atoms with E-state index in [0.717, 1.165) is 40.7 Å². The maximum absolute atomic E-state index is 13.4. The van der Waals surface area contributed by atoms with Crippen LogP contribution in [0.4, 0.5) is 5.69 Å². The normalized spacial score (nSPS) is 16.0. The fourth-order valence-electron chi connectivity index (χ4n) is 4.00. The van der Waals surface area contributed by atoms with E-state index < -0.39 is 0 Å². The van der Waals surface area contributed by atoms with Crippen LogP contribution in [0.5, 0.6) is 0 Å². The zero-order valence-corrected chi connectivity index (χ0v) is 19.9. The van der Waals surface area contributed by atoms with Gasteiger partial charge >= 0.3 is 0 Å². The lowest BCUT2D eigenvalue weighted by atomic mass is 10.1. The van der Waals surface area contributed by atoms with Gasteiger partial charge in [-0.2, -0.15) is 0 Å². The number of nitrogens with one attached hydrogen (secondary N) is 1. The van der Waals surface area contributed by atoms with Crippen LogP contribution in [0, 0.1) is 0 Å². The smallest absolute Gasteiger partial charge is 0.272 e. The number of aromatic nitrogens is 3. The predicted octanol–water partition coefficient (Wildman–Crippen LogP) is 4.48. The second-order valence-corrected chi connectivity index (χ2v) is 9.91. The molecule has 0 saturated carbocycles. The monoisotopic (exact) mass is 480 g/mol. The molecule has 5 rings (SSSR count). The molecule has 170 valence electrons. The van der Waals surface area contributed by atoms with Crippen molar-refractivity contribution < 1.29 is 9.53 Å². The molecule has 1 N–H and O–H groups in total. The second-order valence-electron chi connectivity index (χ2n) is 7.97. The molecule has 1 fully saturated rings. The van der Waals surface area contributed by atoms with Crippen molar-refractivity contribution in [3.63, 3.8) is 0 Å². The van der Waals surface area contributed by atoms with Gasteiger partial charge in [-0.25, -0.2) is 9.97 Å². The molecule has 1 amide bonds. The molecule has 0 bridgehead atoms. The fourth-order valence-corrected chi connectivity index (χ4v) is 5.83. The SMILES string of the molecule is CCc1cccc(NC(=O)CSc2nc3c(sc4ncccc43)c(=O)n2C[C@@H]2CCCO2)c1. The minimum atomic E-state index is -0.136. The molecule has 4 heterocycles. The third-order valence-corrected chi connectivity index (χ3v) is 7.75. The van der Waals surface area contributed by atoms with Gasteiger partial charge in [0, 0.05) is 23.9 Å². The lowest BCUT2D eigenvalue weighted by molar-refractivity contribution is -0.113. The molecule has 7 nitrogen and oxygen atoms in total. The van der Waals surface area contributed by atoms with E-state index in [-0.39, 0.29) is 23.3 Å². The summed E-state index contributed by atoms with van der Waals surface area (Å²) in [6.07, 6.45) is 4.51. The third kappa shape index (κ3) is 4.66. The summed E-state index contributed by atoms with van der Waals surface area (Å²) >= 11 is 2.64. The van der Waals surface area contributed by atoms with Gasteiger partial charge in [0.2, 0.25) is 5.91 Å². The van der Waals surface area contributed by atoms with Crippen LogP contribution in [0.2, 0.25) is 0 Å². The fraction of sp³-hybridized carbons (Fsp3) is 0.333. The van der Waals surface area contributed by atoms with Gasteiger partial charge in [0.05, 0.1) is 23.9 Å². The van der Waals surface area contributed by atoms with Gasteiger partial charge in [0.25, 0.3) is 5.56 Å². The quantitative estimate of drug-likeness (QED) is 0.310. The zero-order valence-electron chi connectivity index (χ0n) is 18.2. The number of anilines is 1. The summed E-state index contributed by atoms with van der Waals surface area (Å²) in [4.78, 5) is 36.1. The first-order valence-electron chi connectivity index (χ1n) is 11.0. The molecular formula is C24H24N4O3S2. The van der Waals surface area contributed by atoms with E-state index in [0.29, 0.717) is 28.5 Å². The molecular weight excluding hydrogens is 456 g/mol. The molecule has 3 aromatic heterocycles. The van der Waals surface area contributed by atoms with Crippen molar-refractivity contribution in [2.75, 3.05) is 17.7 Å². The number of hydrogen-bond acceptors (Lipinski definition) is 7. The van der Waals surface area contributed by atoms with Gasteiger partial charge in [0.15, 0.2) is 5.16 Å². The second kappa shape index (κ2) is 9.62. The molecule has 0 unspecified atom stereocenters. The summed E-state index contributed by atoms with van der Waals surface area (Å²) in [5, 5.41) is 4.34. The van der Waals surface area contributed by atoms with E-state index in [2.05, 4.69) is 17.2 Å². The number of nitrogens with zero attached hydrogens (tertiary/aromatic N) is 3. The maximum Gasteiger partial charge on any atom is 0.272 e. The summed E-state index contributed by atoms with van der Waals surface area (Å²) in [7, 11) is 0. The van der Waals surface area contributed by atoms with Gasteiger partial charge < -0.3 is 10.1 Å². The van der Waals surface area contributed by atoms with Crippen LogP contribution < -0.4 is 10.9 Å². The number of thiophene rings is 1. The van der Waals surface area contributed by atoms with Crippen LogP contribution in [0.25, 0.3) is 20.4 Å². The van der Waals surface area contributed by atoms with Gasteiger partial charge in [-0.1, -0.05) is 30.8 Å². The Morgan fingerprint density at radius 3 is 3.06 bits per heavy atom. The van der Waals surface area contributed by atoms with E-state index in [4.69, 9.17) is 9.72 Å². The van der Waals surface area contributed by atoms with E-state index in [9.17, 15) is 9.59 Å². The number of fused-ring (bicyclic) bond motifs is 3. The lowest BCUT2D eigenvalue weighted by Crippen LogP contribution is -2.28. The first-order chi connectivity index (χ1) is 16.1. The highest BCUT2D eigenvalue weighted by Crippen LogP contribution is 2.31. The molecule has 0 radical (unpaired) electrons. The highest BCUT2D eigenvalue weighted by molar-refractivity contribution is 7.99. The Labute approximate surface area is 199 Å². The van der Waals surface area contributed by atoms with Crippen LogP contribution >= 0.6 is 23.1 Å². The van der Waals surface area contributed by atoms with Crippen molar-refractivity contribution in [3.8, 4) is 0 Å². The van der Waals surface area contributed by atoms with E-state index in [1.807, 2.05) is 36.4 Å². The molecule has 1 atom stereocenters. The molecule has 9 heteroatoms. The Bertz CT molecular complexity index is 1380. The van der Waals surface area contributed by atoms with Gasteiger partial charge in [0.1, 0.15) is 9.53 Å². The molecule has 4 aromatic rings. The summed E-state index contributed by atoms with van der Waals surface area (Å²) in [5.74, 6) is 0.0169. The molecule has 33 heavy (non-hydrogen) atoms. The van der Waals surface area contributed by atoms with Gasteiger partial charge in [-0.05, 0) is 49.1 Å². The largest absolute Gasteiger partial charge is 0.376 e. The first kappa shape index (κ1) is 22.1. The number of aryl methyl sites for hydroxylation is 1. The number of pyridine rings is 1. The van der Waals surface area contributed by atoms with Crippen LogP contribution in [0.15, 0.2) is 52.5 Å². The van der Waals surface area contributed by atoms with Crippen molar-refractivity contribution in [1.82, 2.24) is 14.5 Å². The summed E-state index contributed by atoms with van der Waals surface area (Å²) < 4.78 is 8.04. The predicted molar refractivity (Wildman–Crippen MR) is 133 cm³/mol. The molecule has 0 aliphatic carbocycles. The molecule has 1 saturated heterocycles. The van der Waals surface area contributed by atoms with E-state index >= 15 is 0 Å².